The lowest BCUT2D eigenvalue weighted by atomic mass is 9.91. The van der Waals surface area contributed by atoms with E-state index in [-0.39, 0.29) is 30.0 Å². The Labute approximate surface area is 138 Å². The number of carbonyl (C=O) groups is 2. The average molecular weight is 327 g/mol. The van der Waals surface area contributed by atoms with Crippen molar-refractivity contribution < 1.29 is 23.8 Å². The van der Waals surface area contributed by atoms with Crippen molar-refractivity contribution in [3.05, 3.63) is 0 Å². The van der Waals surface area contributed by atoms with Crippen LogP contribution in [0.15, 0.2) is 0 Å². The molecule has 0 N–H and O–H groups in total. The molecule has 6 nitrogen and oxygen atoms in total. The summed E-state index contributed by atoms with van der Waals surface area (Å²) in [5, 5.41) is 0. The molecule has 1 amide bonds. The van der Waals surface area contributed by atoms with E-state index in [4.69, 9.17) is 14.2 Å². The summed E-state index contributed by atoms with van der Waals surface area (Å²) in [6, 6.07) is -0.312. The molecule has 0 spiro atoms. The van der Waals surface area contributed by atoms with Gasteiger partial charge in [-0.1, -0.05) is 13.8 Å². The molecule has 132 valence electrons. The first-order valence-corrected chi connectivity index (χ1v) is 8.29. The van der Waals surface area contributed by atoms with Crippen LogP contribution in [-0.4, -0.2) is 47.0 Å². The van der Waals surface area contributed by atoms with Gasteiger partial charge in [0.15, 0.2) is 0 Å². The Balaban J connectivity index is 2.18. The van der Waals surface area contributed by atoms with E-state index in [9.17, 15) is 9.59 Å². The van der Waals surface area contributed by atoms with Gasteiger partial charge in [0.2, 0.25) is 0 Å². The van der Waals surface area contributed by atoms with Crippen LogP contribution in [-0.2, 0) is 19.0 Å². The third-order valence-corrected chi connectivity index (χ3v) is 4.40. The predicted molar refractivity (Wildman–Crippen MR) is 84.7 cm³/mol. The summed E-state index contributed by atoms with van der Waals surface area (Å²) < 4.78 is 16.8. The third-order valence-electron chi connectivity index (χ3n) is 4.40. The van der Waals surface area contributed by atoms with Crippen molar-refractivity contribution in [1.82, 2.24) is 4.90 Å². The summed E-state index contributed by atoms with van der Waals surface area (Å²) in [7, 11) is 0. The maximum absolute atomic E-state index is 12.6. The van der Waals surface area contributed by atoms with Crippen LogP contribution in [0.25, 0.3) is 0 Å². The molecule has 2 heterocycles. The van der Waals surface area contributed by atoms with Crippen LogP contribution >= 0.6 is 0 Å². The van der Waals surface area contributed by atoms with E-state index >= 15 is 0 Å². The highest BCUT2D eigenvalue weighted by Crippen LogP contribution is 2.37. The molecule has 3 atom stereocenters. The van der Waals surface area contributed by atoms with Crippen molar-refractivity contribution in [1.29, 1.82) is 0 Å². The number of rotatable bonds is 2. The number of hydrogen-bond donors (Lipinski definition) is 0. The molecule has 0 unspecified atom stereocenters. The summed E-state index contributed by atoms with van der Waals surface area (Å²) in [6.07, 6.45) is -0.168. The fourth-order valence-corrected chi connectivity index (χ4v) is 3.18. The van der Waals surface area contributed by atoms with Crippen molar-refractivity contribution in [3.63, 3.8) is 0 Å². The van der Waals surface area contributed by atoms with Gasteiger partial charge in [-0.2, -0.15) is 0 Å². The predicted octanol–water partition coefficient (Wildman–Crippen LogP) is 2.95. The highest BCUT2D eigenvalue weighted by atomic mass is 16.6. The van der Waals surface area contributed by atoms with Crippen LogP contribution in [0, 0.1) is 11.8 Å². The SMILES string of the molecule is CC(C)[C@@H]1C[C@@H]([C@@H]2COC(C)(C)N2C(=O)OC(C)(C)C)OC1=O. The van der Waals surface area contributed by atoms with Crippen LogP contribution in [0.4, 0.5) is 4.79 Å². The van der Waals surface area contributed by atoms with E-state index < -0.39 is 17.4 Å². The number of nitrogens with zero attached hydrogens (tertiary/aromatic N) is 1. The van der Waals surface area contributed by atoms with E-state index in [2.05, 4.69) is 0 Å². The van der Waals surface area contributed by atoms with Gasteiger partial charge in [-0.25, -0.2) is 4.79 Å². The molecule has 2 aliphatic rings. The Morgan fingerprint density at radius 1 is 1.35 bits per heavy atom. The Kier molecular flexibility index (Phi) is 4.68. The molecule has 23 heavy (non-hydrogen) atoms. The van der Waals surface area contributed by atoms with Gasteiger partial charge in [-0.15, -0.1) is 0 Å². The molecule has 0 aromatic carbocycles. The Morgan fingerprint density at radius 2 is 1.96 bits per heavy atom. The Morgan fingerprint density at radius 3 is 2.43 bits per heavy atom. The van der Waals surface area contributed by atoms with Crippen LogP contribution in [0.5, 0.6) is 0 Å². The molecule has 0 aliphatic carbocycles. The summed E-state index contributed by atoms with van der Waals surface area (Å²) in [6.45, 7) is 13.5. The first-order valence-electron chi connectivity index (χ1n) is 8.29. The van der Waals surface area contributed by atoms with Crippen LogP contribution in [0.2, 0.25) is 0 Å². The fourth-order valence-electron chi connectivity index (χ4n) is 3.18. The zero-order valence-corrected chi connectivity index (χ0v) is 15.2. The Bertz CT molecular complexity index is 480. The maximum atomic E-state index is 12.6. The molecule has 2 saturated heterocycles. The van der Waals surface area contributed by atoms with Crippen LogP contribution < -0.4 is 0 Å². The van der Waals surface area contributed by atoms with Gasteiger partial charge < -0.3 is 14.2 Å². The molecular weight excluding hydrogens is 298 g/mol. The molecule has 0 saturated carbocycles. The van der Waals surface area contributed by atoms with E-state index in [1.807, 2.05) is 48.5 Å². The first kappa shape index (κ1) is 18.0. The molecule has 2 rings (SSSR count). The number of hydrogen-bond acceptors (Lipinski definition) is 5. The van der Waals surface area contributed by atoms with E-state index in [1.54, 1.807) is 4.90 Å². The highest BCUT2D eigenvalue weighted by molar-refractivity contribution is 5.75. The number of ether oxygens (including phenoxy) is 3. The summed E-state index contributed by atoms with van der Waals surface area (Å²) in [5.74, 6) is -0.0825. The number of carbonyl (C=O) groups excluding carboxylic acids is 2. The van der Waals surface area contributed by atoms with Gasteiger partial charge >= 0.3 is 12.1 Å². The maximum Gasteiger partial charge on any atom is 0.413 e. The zero-order chi connectivity index (χ0) is 17.6. The molecule has 0 radical (unpaired) electrons. The molecule has 0 aromatic heterocycles. The third kappa shape index (κ3) is 3.79. The van der Waals surface area contributed by atoms with Crippen molar-refractivity contribution in [2.24, 2.45) is 11.8 Å². The van der Waals surface area contributed by atoms with Gasteiger partial charge in [0.05, 0.1) is 18.6 Å². The molecule has 2 aliphatic heterocycles. The first-order chi connectivity index (χ1) is 10.4. The van der Waals surface area contributed by atoms with E-state index in [0.29, 0.717) is 13.0 Å². The second-order valence-electron chi connectivity index (χ2n) is 8.24. The molecule has 0 aromatic rings. The van der Waals surface area contributed by atoms with Crippen LogP contribution in [0.3, 0.4) is 0 Å². The molecule has 2 fully saturated rings. The van der Waals surface area contributed by atoms with Gasteiger partial charge in [-0.3, -0.25) is 9.69 Å². The van der Waals surface area contributed by atoms with Gasteiger partial charge in [0.25, 0.3) is 0 Å². The monoisotopic (exact) mass is 327 g/mol. The standard InChI is InChI=1S/C17H29NO5/c1-10(2)11-8-13(22-14(11)19)12-9-21-17(6,7)18(12)15(20)23-16(3,4)5/h10-13H,8-9H2,1-7H3/t11-,12-,13-/m0/s1. The van der Waals surface area contributed by atoms with Crippen LogP contribution in [0.1, 0.15) is 54.9 Å². The fraction of sp³-hybridized carbons (Fsp3) is 0.882. The van der Waals surface area contributed by atoms with Crippen molar-refractivity contribution in [3.8, 4) is 0 Å². The van der Waals surface area contributed by atoms with Crippen molar-refractivity contribution >= 4 is 12.1 Å². The quantitative estimate of drug-likeness (QED) is 0.730. The summed E-state index contributed by atoms with van der Waals surface area (Å²) in [5.41, 5.74) is -1.37. The number of esters is 1. The molecule has 0 bridgehead atoms. The molecule has 6 heteroatoms. The van der Waals surface area contributed by atoms with E-state index in [1.165, 1.54) is 0 Å². The minimum absolute atomic E-state index is 0.121. The van der Waals surface area contributed by atoms with Gasteiger partial charge in [0.1, 0.15) is 17.4 Å². The normalized spacial score (nSPS) is 30.7. The summed E-state index contributed by atoms with van der Waals surface area (Å²) in [4.78, 5) is 26.3. The molecular formula is C17H29NO5. The topological polar surface area (TPSA) is 65.1 Å². The summed E-state index contributed by atoms with van der Waals surface area (Å²) >= 11 is 0. The van der Waals surface area contributed by atoms with Gasteiger partial charge in [0, 0.05) is 6.42 Å². The second kappa shape index (κ2) is 5.96. The number of cyclic esters (lactones) is 1. The van der Waals surface area contributed by atoms with Crippen molar-refractivity contribution in [2.45, 2.75) is 78.4 Å². The second-order valence-corrected chi connectivity index (χ2v) is 8.24. The lowest BCUT2D eigenvalue weighted by molar-refractivity contribution is -0.147. The minimum atomic E-state index is -0.782. The lowest BCUT2D eigenvalue weighted by Crippen LogP contribution is -2.53. The van der Waals surface area contributed by atoms with Crippen molar-refractivity contribution in [2.75, 3.05) is 6.61 Å². The highest BCUT2D eigenvalue weighted by Gasteiger charge is 2.52. The zero-order valence-electron chi connectivity index (χ0n) is 15.2. The minimum Gasteiger partial charge on any atom is -0.460 e. The van der Waals surface area contributed by atoms with E-state index in [0.717, 1.165) is 0 Å². The van der Waals surface area contributed by atoms with Gasteiger partial charge in [-0.05, 0) is 40.5 Å². The largest absolute Gasteiger partial charge is 0.460 e. The lowest BCUT2D eigenvalue weighted by Gasteiger charge is -2.36. The Hall–Kier alpha value is -1.30. The smallest absolute Gasteiger partial charge is 0.413 e. The number of amides is 1. The average Bonchev–Trinajstić information content (AvgIpc) is 2.86.